The number of phenols is 1. The van der Waals surface area contributed by atoms with Crippen molar-refractivity contribution in [3.05, 3.63) is 23.8 Å². The predicted octanol–water partition coefficient (Wildman–Crippen LogP) is 2.74. The van der Waals surface area contributed by atoms with Gasteiger partial charge in [-0.2, -0.15) is 0 Å². The highest BCUT2D eigenvalue weighted by Gasteiger charge is 2.21. The van der Waals surface area contributed by atoms with E-state index in [1.807, 2.05) is 12.1 Å². The van der Waals surface area contributed by atoms with Crippen molar-refractivity contribution in [2.45, 2.75) is 25.8 Å². The molecule has 1 saturated heterocycles. The number of nitrogens with zero attached hydrogens (tertiary/aromatic N) is 2. The molecule has 0 aliphatic carbocycles. The Balaban J connectivity index is 1.97. The Bertz CT molecular complexity index is 456. The molecule has 1 atom stereocenters. The summed E-state index contributed by atoms with van der Waals surface area (Å²) < 4.78 is 5.20. The van der Waals surface area contributed by atoms with Crippen LogP contribution in [0.2, 0.25) is 0 Å². The second-order valence-corrected chi connectivity index (χ2v) is 6.29. The minimum atomic E-state index is 0.200. The summed E-state index contributed by atoms with van der Waals surface area (Å²) in [7, 11) is 5.97. The van der Waals surface area contributed by atoms with Crippen LogP contribution in [-0.4, -0.2) is 55.7 Å². The van der Waals surface area contributed by atoms with Crippen LogP contribution in [0.1, 0.15) is 31.4 Å². The molecule has 21 heavy (non-hydrogen) atoms. The van der Waals surface area contributed by atoms with Crippen molar-refractivity contribution in [1.29, 1.82) is 0 Å². The van der Waals surface area contributed by atoms with Gasteiger partial charge in [-0.3, -0.25) is 4.90 Å². The van der Waals surface area contributed by atoms with Crippen LogP contribution in [0.3, 0.4) is 0 Å². The number of rotatable bonds is 5. The van der Waals surface area contributed by atoms with Gasteiger partial charge in [0.25, 0.3) is 0 Å². The standard InChI is InChI=1S/C17H28N2O2/c1-13(15-5-6-16(20)17(11-15)21-4)19(3)12-14-7-9-18(2)10-8-14/h5-6,11,13-14,20H,7-10,12H2,1-4H3. The van der Waals surface area contributed by atoms with Crippen LogP contribution < -0.4 is 4.74 Å². The van der Waals surface area contributed by atoms with Gasteiger partial charge in [-0.15, -0.1) is 0 Å². The highest BCUT2D eigenvalue weighted by atomic mass is 16.5. The first kappa shape index (κ1) is 16.1. The van der Waals surface area contributed by atoms with Crippen molar-refractivity contribution in [2.75, 3.05) is 40.8 Å². The molecule has 1 fully saturated rings. The van der Waals surface area contributed by atoms with Gasteiger partial charge in [-0.1, -0.05) is 6.07 Å². The molecule has 1 aromatic rings. The average molecular weight is 292 g/mol. The topological polar surface area (TPSA) is 35.9 Å². The molecule has 0 aromatic heterocycles. The van der Waals surface area contributed by atoms with E-state index < -0.39 is 0 Å². The lowest BCUT2D eigenvalue weighted by Gasteiger charge is -2.34. The van der Waals surface area contributed by atoms with Crippen LogP contribution in [0.15, 0.2) is 18.2 Å². The smallest absolute Gasteiger partial charge is 0.160 e. The predicted molar refractivity (Wildman–Crippen MR) is 85.9 cm³/mol. The van der Waals surface area contributed by atoms with Crippen molar-refractivity contribution in [3.63, 3.8) is 0 Å². The molecule has 0 saturated carbocycles. The molecule has 1 heterocycles. The van der Waals surface area contributed by atoms with E-state index in [1.165, 1.54) is 31.5 Å². The third kappa shape index (κ3) is 4.11. The van der Waals surface area contributed by atoms with Gasteiger partial charge in [0.15, 0.2) is 11.5 Å². The van der Waals surface area contributed by atoms with Gasteiger partial charge in [0.1, 0.15) is 0 Å². The maximum atomic E-state index is 9.70. The van der Waals surface area contributed by atoms with E-state index in [4.69, 9.17) is 4.74 Å². The molecule has 1 aliphatic rings. The van der Waals surface area contributed by atoms with Crippen molar-refractivity contribution in [3.8, 4) is 11.5 Å². The zero-order chi connectivity index (χ0) is 15.4. The molecule has 4 nitrogen and oxygen atoms in total. The minimum absolute atomic E-state index is 0.200. The molecule has 0 radical (unpaired) electrons. The molecule has 1 aliphatic heterocycles. The largest absolute Gasteiger partial charge is 0.504 e. The van der Waals surface area contributed by atoms with E-state index in [0.29, 0.717) is 11.8 Å². The summed E-state index contributed by atoms with van der Waals surface area (Å²) in [5.74, 6) is 1.53. The van der Waals surface area contributed by atoms with Crippen LogP contribution in [-0.2, 0) is 0 Å². The molecule has 4 heteroatoms. The number of hydrogen-bond donors (Lipinski definition) is 1. The molecular formula is C17H28N2O2. The summed E-state index contributed by atoms with van der Waals surface area (Å²) in [6.45, 7) is 5.75. The van der Waals surface area contributed by atoms with Gasteiger partial charge in [0, 0.05) is 12.6 Å². The lowest BCUT2D eigenvalue weighted by atomic mass is 9.95. The van der Waals surface area contributed by atoms with Crippen LogP contribution in [0.25, 0.3) is 0 Å². The molecule has 1 aromatic carbocycles. The molecule has 1 unspecified atom stereocenters. The van der Waals surface area contributed by atoms with Crippen LogP contribution in [0.5, 0.6) is 11.5 Å². The maximum Gasteiger partial charge on any atom is 0.160 e. The Morgan fingerprint density at radius 1 is 1.38 bits per heavy atom. The number of likely N-dealkylation sites (tertiary alicyclic amines) is 1. The number of hydrogen-bond acceptors (Lipinski definition) is 4. The van der Waals surface area contributed by atoms with Gasteiger partial charge in [0.2, 0.25) is 0 Å². The van der Waals surface area contributed by atoms with Crippen LogP contribution >= 0.6 is 0 Å². The van der Waals surface area contributed by atoms with Crippen molar-refractivity contribution >= 4 is 0 Å². The summed E-state index contributed by atoms with van der Waals surface area (Å²) in [5, 5.41) is 9.70. The first-order chi connectivity index (χ1) is 10.0. The number of benzene rings is 1. The summed E-state index contributed by atoms with van der Waals surface area (Å²) >= 11 is 0. The quantitative estimate of drug-likeness (QED) is 0.905. The van der Waals surface area contributed by atoms with E-state index in [2.05, 4.69) is 30.8 Å². The average Bonchev–Trinajstić information content (AvgIpc) is 2.49. The van der Waals surface area contributed by atoms with Gasteiger partial charge >= 0.3 is 0 Å². The maximum absolute atomic E-state index is 9.70. The summed E-state index contributed by atoms with van der Waals surface area (Å²) in [5.41, 5.74) is 1.18. The number of piperidine rings is 1. The Morgan fingerprint density at radius 3 is 2.67 bits per heavy atom. The number of ether oxygens (including phenoxy) is 1. The molecular weight excluding hydrogens is 264 g/mol. The van der Waals surface area contributed by atoms with E-state index in [9.17, 15) is 5.11 Å². The number of aromatic hydroxyl groups is 1. The fourth-order valence-electron chi connectivity index (χ4n) is 3.02. The summed E-state index contributed by atoms with van der Waals surface area (Å²) in [4.78, 5) is 4.81. The van der Waals surface area contributed by atoms with E-state index >= 15 is 0 Å². The Morgan fingerprint density at radius 2 is 2.05 bits per heavy atom. The summed E-state index contributed by atoms with van der Waals surface area (Å²) in [6, 6.07) is 5.95. The monoisotopic (exact) mass is 292 g/mol. The van der Waals surface area contributed by atoms with E-state index in [0.717, 1.165) is 12.5 Å². The van der Waals surface area contributed by atoms with Crippen molar-refractivity contribution < 1.29 is 9.84 Å². The Labute approximate surface area is 128 Å². The highest BCUT2D eigenvalue weighted by molar-refractivity contribution is 5.42. The fraction of sp³-hybridized carbons (Fsp3) is 0.647. The van der Waals surface area contributed by atoms with Gasteiger partial charge in [-0.05, 0) is 70.6 Å². The van der Waals surface area contributed by atoms with E-state index in [-0.39, 0.29) is 5.75 Å². The highest BCUT2D eigenvalue weighted by Crippen LogP contribution is 2.31. The number of phenolic OH excluding ortho intramolecular Hbond substituents is 1. The molecule has 0 bridgehead atoms. The normalized spacial score (nSPS) is 18.9. The SMILES string of the molecule is COc1cc(C(C)N(C)CC2CCN(C)CC2)ccc1O. The molecule has 0 spiro atoms. The zero-order valence-corrected chi connectivity index (χ0v) is 13.7. The van der Waals surface area contributed by atoms with E-state index in [1.54, 1.807) is 13.2 Å². The van der Waals surface area contributed by atoms with Crippen molar-refractivity contribution in [1.82, 2.24) is 9.80 Å². The Hall–Kier alpha value is -1.26. The minimum Gasteiger partial charge on any atom is -0.504 e. The first-order valence-corrected chi connectivity index (χ1v) is 7.77. The summed E-state index contributed by atoms with van der Waals surface area (Å²) in [6.07, 6.45) is 2.57. The van der Waals surface area contributed by atoms with Gasteiger partial charge in [0.05, 0.1) is 7.11 Å². The van der Waals surface area contributed by atoms with Gasteiger partial charge in [-0.25, -0.2) is 0 Å². The molecule has 2 rings (SSSR count). The zero-order valence-electron chi connectivity index (χ0n) is 13.7. The lowest BCUT2D eigenvalue weighted by molar-refractivity contribution is 0.155. The fourth-order valence-corrected chi connectivity index (χ4v) is 3.02. The van der Waals surface area contributed by atoms with Crippen LogP contribution in [0.4, 0.5) is 0 Å². The van der Waals surface area contributed by atoms with Gasteiger partial charge < -0.3 is 14.7 Å². The molecule has 0 amide bonds. The molecule has 1 N–H and O–H groups in total. The van der Waals surface area contributed by atoms with Crippen LogP contribution in [0, 0.1) is 5.92 Å². The third-order valence-electron chi connectivity index (χ3n) is 4.73. The molecule has 118 valence electrons. The second-order valence-electron chi connectivity index (χ2n) is 6.29. The Kier molecular flexibility index (Phi) is 5.48. The number of methoxy groups -OCH3 is 1. The lowest BCUT2D eigenvalue weighted by Crippen LogP contribution is -2.36. The van der Waals surface area contributed by atoms with Crippen molar-refractivity contribution in [2.24, 2.45) is 5.92 Å². The second kappa shape index (κ2) is 7.14. The first-order valence-electron chi connectivity index (χ1n) is 7.77. The third-order valence-corrected chi connectivity index (χ3v) is 4.73.